The summed E-state index contributed by atoms with van der Waals surface area (Å²) in [6, 6.07) is 1.01. The molecule has 0 radical (unpaired) electrons. The molecule has 2 nitrogen and oxygen atoms in total. The van der Waals surface area contributed by atoms with Crippen molar-refractivity contribution in [3.05, 3.63) is 22.8 Å². The molecule has 1 aromatic heterocycles. The van der Waals surface area contributed by atoms with Crippen molar-refractivity contribution in [2.75, 3.05) is 5.32 Å². The molecule has 0 aliphatic heterocycles. The van der Waals surface area contributed by atoms with Crippen LogP contribution < -0.4 is 5.32 Å². The molecule has 19 heavy (non-hydrogen) atoms. The lowest BCUT2D eigenvalue weighted by molar-refractivity contribution is -0.137. The Balaban J connectivity index is 2.70. The van der Waals surface area contributed by atoms with Gasteiger partial charge in [0.25, 0.3) is 0 Å². The average Bonchev–Trinajstić information content (AvgIpc) is 2.27. The molecule has 0 bridgehead atoms. The van der Waals surface area contributed by atoms with E-state index in [1.807, 2.05) is 6.92 Å². The van der Waals surface area contributed by atoms with Crippen LogP contribution in [0.5, 0.6) is 0 Å². The second-order valence-corrected chi connectivity index (χ2v) is 5.48. The number of nitrogens with one attached hydrogen (secondary N) is 1. The van der Waals surface area contributed by atoms with Crippen molar-refractivity contribution in [3.8, 4) is 0 Å². The van der Waals surface area contributed by atoms with Gasteiger partial charge < -0.3 is 5.32 Å². The van der Waals surface area contributed by atoms with Gasteiger partial charge in [-0.2, -0.15) is 13.2 Å². The molecule has 0 spiro atoms. The van der Waals surface area contributed by atoms with Crippen LogP contribution in [0.1, 0.15) is 39.2 Å². The largest absolute Gasteiger partial charge is 0.417 e. The van der Waals surface area contributed by atoms with Gasteiger partial charge in [-0.1, -0.05) is 25.4 Å². The molecule has 1 heterocycles. The molecule has 6 heteroatoms. The first-order valence-corrected chi connectivity index (χ1v) is 6.57. The number of nitrogens with zero attached hydrogens (tertiary/aromatic N) is 1. The van der Waals surface area contributed by atoms with Crippen LogP contribution in [0, 0.1) is 5.92 Å². The molecular formula is C13H18ClF3N2. The molecule has 0 amide bonds. The summed E-state index contributed by atoms with van der Waals surface area (Å²) in [5.74, 6) is 0.881. The average molecular weight is 295 g/mol. The highest BCUT2D eigenvalue weighted by Crippen LogP contribution is 2.32. The van der Waals surface area contributed by atoms with Crippen molar-refractivity contribution in [2.24, 2.45) is 5.92 Å². The van der Waals surface area contributed by atoms with E-state index in [-0.39, 0.29) is 11.1 Å². The maximum Gasteiger partial charge on any atom is 0.417 e. The van der Waals surface area contributed by atoms with Crippen molar-refractivity contribution in [3.63, 3.8) is 0 Å². The Kier molecular flexibility index (Phi) is 5.47. The van der Waals surface area contributed by atoms with E-state index < -0.39 is 11.7 Å². The summed E-state index contributed by atoms with van der Waals surface area (Å²) in [6.45, 7) is 6.20. The summed E-state index contributed by atoms with van der Waals surface area (Å²) in [5, 5.41) is 3.03. The third-order valence-electron chi connectivity index (χ3n) is 2.73. The highest BCUT2D eigenvalue weighted by molar-refractivity contribution is 6.32. The van der Waals surface area contributed by atoms with E-state index in [9.17, 15) is 13.2 Å². The topological polar surface area (TPSA) is 24.9 Å². The zero-order valence-electron chi connectivity index (χ0n) is 11.2. The number of alkyl halides is 3. The Morgan fingerprint density at radius 2 is 1.89 bits per heavy atom. The van der Waals surface area contributed by atoms with Gasteiger partial charge in [-0.25, -0.2) is 4.98 Å². The normalized spacial score (nSPS) is 13.7. The maximum atomic E-state index is 12.5. The molecule has 0 saturated carbocycles. The van der Waals surface area contributed by atoms with Crippen LogP contribution >= 0.6 is 11.6 Å². The molecule has 0 aromatic carbocycles. The Bertz CT molecular complexity index is 419. The Hall–Kier alpha value is -0.970. The smallest absolute Gasteiger partial charge is 0.366 e. The molecule has 0 saturated heterocycles. The Morgan fingerprint density at radius 1 is 1.26 bits per heavy atom. The fourth-order valence-corrected chi connectivity index (χ4v) is 1.81. The van der Waals surface area contributed by atoms with Crippen LogP contribution in [0.2, 0.25) is 5.02 Å². The molecule has 1 atom stereocenters. The second-order valence-electron chi connectivity index (χ2n) is 5.07. The van der Waals surface area contributed by atoms with Crippen LogP contribution in [0.4, 0.5) is 19.0 Å². The predicted molar refractivity (Wildman–Crippen MR) is 71.4 cm³/mol. The van der Waals surface area contributed by atoms with Gasteiger partial charge in [0.2, 0.25) is 0 Å². The van der Waals surface area contributed by atoms with Crippen LogP contribution in [-0.2, 0) is 6.18 Å². The van der Waals surface area contributed by atoms with E-state index in [4.69, 9.17) is 11.6 Å². The van der Waals surface area contributed by atoms with Crippen molar-refractivity contribution >= 4 is 17.4 Å². The first-order chi connectivity index (χ1) is 8.70. The van der Waals surface area contributed by atoms with Crippen LogP contribution in [0.15, 0.2) is 12.3 Å². The van der Waals surface area contributed by atoms with Crippen LogP contribution in [-0.4, -0.2) is 11.0 Å². The van der Waals surface area contributed by atoms with Crippen molar-refractivity contribution < 1.29 is 13.2 Å². The summed E-state index contributed by atoms with van der Waals surface area (Å²) < 4.78 is 37.4. The molecule has 1 unspecified atom stereocenters. The fourth-order valence-electron chi connectivity index (χ4n) is 1.59. The van der Waals surface area contributed by atoms with E-state index >= 15 is 0 Å². The van der Waals surface area contributed by atoms with Gasteiger partial charge >= 0.3 is 6.18 Å². The number of anilines is 1. The molecule has 0 fully saturated rings. The highest BCUT2D eigenvalue weighted by Gasteiger charge is 2.31. The van der Waals surface area contributed by atoms with E-state index in [0.29, 0.717) is 11.7 Å². The lowest BCUT2D eigenvalue weighted by atomic mass is 10.0. The van der Waals surface area contributed by atoms with Crippen LogP contribution in [0.25, 0.3) is 0 Å². The Morgan fingerprint density at radius 3 is 2.37 bits per heavy atom. The molecular weight excluding hydrogens is 277 g/mol. The van der Waals surface area contributed by atoms with Crippen LogP contribution in [0.3, 0.4) is 0 Å². The summed E-state index contributed by atoms with van der Waals surface area (Å²) in [5.41, 5.74) is -0.835. The van der Waals surface area contributed by atoms with Gasteiger partial charge in [0, 0.05) is 12.2 Å². The molecule has 1 rings (SSSR count). The second kappa shape index (κ2) is 6.46. The van der Waals surface area contributed by atoms with E-state index in [1.165, 1.54) is 0 Å². The minimum absolute atomic E-state index is 0.00813. The number of rotatable bonds is 5. The van der Waals surface area contributed by atoms with Crippen molar-refractivity contribution in [1.29, 1.82) is 0 Å². The highest BCUT2D eigenvalue weighted by atomic mass is 35.5. The number of hydrogen-bond donors (Lipinski definition) is 1. The Labute approximate surface area is 116 Å². The number of aromatic nitrogens is 1. The zero-order chi connectivity index (χ0) is 14.6. The number of hydrogen-bond acceptors (Lipinski definition) is 2. The minimum Gasteiger partial charge on any atom is -0.366 e. The molecule has 0 aliphatic carbocycles. The van der Waals surface area contributed by atoms with E-state index in [0.717, 1.165) is 25.1 Å². The minimum atomic E-state index is -4.42. The summed E-state index contributed by atoms with van der Waals surface area (Å²) >= 11 is 5.82. The molecule has 108 valence electrons. The van der Waals surface area contributed by atoms with Gasteiger partial charge in [0.1, 0.15) is 5.82 Å². The van der Waals surface area contributed by atoms with Gasteiger partial charge in [-0.3, -0.25) is 0 Å². The molecule has 1 aromatic rings. The standard InChI is InChI=1S/C13H18ClF3N2/c1-8(2)4-5-9(3)19-12-11(14)6-10(7-18-12)13(15,16)17/h6-9H,4-5H2,1-3H3,(H,18,19). The van der Waals surface area contributed by atoms with Gasteiger partial charge in [0.15, 0.2) is 0 Å². The fraction of sp³-hybridized carbons (Fsp3) is 0.615. The number of halogens is 4. The SMILES string of the molecule is CC(C)CCC(C)Nc1ncc(C(F)(F)F)cc1Cl. The number of pyridine rings is 1. The monoisotopic (exact) mass is 294 g/mol. The van der Waals surface area contributed by atoms with Gasteiger partial charge in [-0.15, -0.1) is 0 Å². The summed E-state index contributed by atoms with van der Waals surface area (Å²) in [4.78, 5) is 3.75. The van der Waals surface area contributed by atoms with Gasteiger partial charge in [-0.05, 0) is 31.7 Å². The predicted octanol–water partition coefficient (Wildman–Crippen LogP) is 4.99. The van der Waals surface area contributed by atoms with E-state index in [2.05, 4.69) is 24.1 Å². The van der Waals surface area contributed by atoms with Gasteiger partial charge in [0.05, 0.1) is 10.6 Å². The molecule has 1 N–H and O–H groups in total. The lowest BCUT2D eigenvalue weighted by Gasteiger charge is -2.17. The third-order valence-corrected chi connectivity index (χ3v) is 3.02. The van der Waals surface area contributed by atoms with E-state index in [1.54, 1.807) is 0 Å². The zero-order valence-corrected chi connectivity index (χ0v) is 11.9. The first-order valence-electron chi connectivity index (χ1n) is 6.19. The van der Waals surface area contributed by atoms with Crippen molar-refractivity contribution in [1.82, 2.24) is 4.98 Å². The quantitative estimate of drug-likeness (QED) is 0.827. The summed E-state index contributed by atoms with van der Waals surface area (Å²) in [6.07, 6.45) is -1.68. The third kappa shape index (κ3) is 5.27. The maximum absolute atomic E-state index is 12.5. The summed E-state index contributed by atoms with van der Waals surface area (Å²) in [7, 11) is 0. The first kappa shape index (κ1) is 16.1. The van der Waals surface area contributed by atoms with Crippen molar-refractivity contribution in [2.45, 2.75) is 45.8 Å². The lowest BCUT2D eigenvalue weighted by Crippen LogP contribution is -2.17. The molecule has 0 aliphatic rings.